The van der Waals surface area contributed by atoms with Gasteiger partial charge in [-0.2, -0.15) is 5.10 Å². The molecule has 0 aliphatic heterocycles. The van der Waals surface area contributed by atoms with Gasteiger partial charge in [-0.25, -0.2) is 13.8 Å². The second-order valence-corrected chi connectivity index (χ2v) is 12.1. The molecule has 1 heterocycles. The Morgan fingerprint density at radius 1 is 0.923 bits per heavy atom. The smallest absolute Gasteiger partial charge is 0.264 e. The number of nitrogens with one attached hydrogen (secondary N) is 1. The van der Waals surface area contributed by atoms with Crippen molar-refractivity contribution in [3.05, 3.63) is 110 Å². The van der Waals surface area contributed by atoms with Crippen LogP contribution in [0.5, 0.6) is 0 Å². The van der Waals surface area contributed by atoms with E-state index in [9.17, 15) is 13.2 Å². The second-order valence-electron chi connectivity index (χ2n) is 8.51. The first kappa shape index (κ1) is 29.0. The van der Waals surface area contributed by atoms with E-state index >= 15 is 0 Å². The molecule has 0 radical (unpaired) electrons. The van der Waals surface area contributed by atoms with Gasteiger partial charge in [0.15, 0.2) is 0 Å². The van der Waals surface area contributed by atoms with Gasteiger partial charge < -0.3 is 4.57 Å². The van der Waals surface area contributed by atoms with Crippen molar-refractivity contribution in [2.45, 2.75) is 18.7 Å². The van der Waals surface area contributed by atoms with E-state index in [-0.39, 0.29) is 20.6 Å². The summed E-state index contributed by atoms with van der Waals surface area (Å²) < 4.78 is 29.8. The van der Waals surface area contributed by atoms with Crippen LogP contribution < -0.4 is 9.73 Å². The fraction of sp³-hybridized carbons (Fsp3) is 0.111. The Kier molecular flexibility index (Phi) is 8.93. The normalized spacial score (nSPS) is 11.6. The maximum Gasteiger partial charge on any atom is 0.264 e. The molecule has 0 aliphatic rings. The molecule has 12 heteroatoms. The van der Waals surface area contributed by atoms with Gasteiger partial charge in [-0.15, -0.1) is 0 Å². The van der Waals surface area contributed by atoms with E-state index in [1.807, 2.05) is 30.5 Å². The number of carbonyl (C=O) groups is 1. The first-order valence-electron chi connectivity index (χ1n) is 11.5. The van der Waals surface area contributed by atoms with E-state index < -0.39 is 22.5 Å². The van der Waals surface area contributed by atoms with Crippen LogP contribution in [-0.4, -0.2) is 31.7 Å². The fourth-order valence-electron chi connectivity index (χ4n) is 4.00. The van der Waals surface area contributed by atoms with Crippen LogP contribution in [0, 0.1) is 13.8 Å². The minimum Gasteiger partial charge on any atom is -0.318 e. The molecule has 3 aromatic carbocycles. The van der Waals surface area contributed by atoms with Gasteiger partial charge in [-0.1, -0.05) is 64.6 Å². The van der Waals surface area contributed by atoms with E-state index in [2.05, 4.69) is 10.5 Å². The molecular formula is C27H22Cl4N4O3S. The predicted octanol–water partition coefficient (Wildman–Crippen LogP) is 7.05. The van der Waals surface area contributed by atoms with Gasteiger partial charge in [0.05, 0.1) is 26.8 Å². The van der Waals surface area contributed by atoms with Crippen molar-refractivity contribution in [3.8, 4) is 5.69 Å². The van der Waals surface area contributed by atoms with Crippen molar-refractivity contribution in [1.29, 1.82) is 0 Å². The number of nitrogens with zero attached hydrogens (tertiary/aromatic N) is 3. The van der Waals surface area contributed by atoms with Gasteiger partial charge >= 0.3 is 0 Å². The summed E-state index contributed by atoms with van der Waals surface area (Å²) in [4.78, 5) is 12.9. The molecule has 7 nitrogen and oxygen atoms in total. The van der Waals surface area contributed by atoms with Crippen LogP contribution in [0.4, 0.5) is 5.69 Å². The summed E-state index contributed by atoms with van der Waals surface area (Å²) in [5.41, 5.74) is 5.88. The van der Waals surface area contributed by atoms with Crippen molar-refractivity contribution < 1.29 is 13.2 Å². The van der Waals surface area contributed by atoms with Gasteiger partial charge in [0.1, 0.15) is 6.54 Å². The molecule has 0 aliphatic carbocycles. The summed E-state index contributed by atoms with van der Waals surface area (Å²) in [6.07, 6.45) is 1.49. The topological polar surface area (TPSA) is 83.8 Å². The van der Waals surface area contributed by atoms with Crippen LogP contribution in [0.25, 0.3) is 5.69 Å². The number of halogens is 4. The number of carbonyl (C=O) groups excluding carboxylic acids is 1. The Labute approximate surface area is 246 Å². The third kappa shape index (κ3) is 6.59. The van der Waals surface area contributed by atoms with Crippen molar-refractivity contribution in [1.82, 2.24) is 9.99 Å². The summed E-state index contributed by atoms with van der Waals surface area (Å²) in [7, 11) is -4.13. The summed E-state index contributed by atoms with van der Waals surface area (Å²) >= 11 is 24.5. The van der Waals surface area contributed by atoms with Gasteiger partial charge in [0, 0.05) is 32.7 Å². The number of hydrogen-bond donors (Lipinski definition) is 1. The van der Waals surface area contributed by atoms with Crippen LogP contribution in [0.15, 0.2) is 82.8 Å². The number of aryl methyl sites for hydroxylation is 1. The Balaban J connectivity index is 1.57. The van der Waals surface area contributed by atoms with Crippen LogP contribution in [0.3, 0.4) is 0 Å². The molecule has 0 fully saturated rings. The fourth-order valence-corrected chi connectivity index (χ4v) is 6.23. The van der Waals surface area contributed by atoms with E-state index in [0.29, 0.717) is 10.0 Å². The third-order valence-electron chi connectivity index (χ3n) is 5.78. The number of anilines is 1. The predicted molar refractivity (Wildman–Crippen MR) is 158 cm³/mol. The summed E-state index contributed by atoms with van der Waals surface area (Å²) in [6.45, 7) is 3.26. The average molecular weight is 624 g/mol. The quantitative estimate of drug-likeness (QED) is 0.169. The number of hydrogen-bond acceptors (Lipinski definition) is 4. The number of sulfonamides is 1. The highest BCUT2D eigenvalue weighted by Crippen LogP contribution is 2.30. The van der Waals surface area contributed by atoms with Gasteiger partial charge in [0.25, 0.3) is 15.9 Å². The van der Waals surface area contributed by atoms with E-state index in [1.54, 1.807) is 30.3 Å². The zero-order chi connectivity index (χ0) is 28.3. The van der Waals surface area contributed by atoms with Crippen LogP contribution in [0.2, 0.25) is 20.1 Å². The molecule has 0 atom stereocenters. The highest BCUT2D eigenvalue weighted by molar-refractivity contribution is 7.92. The monoisotopic (exact) mass is 622 g/mol. The summed E-state index contributed by atoms with van der Waals surface area (Å²) in [6, 6.07) is 19.3. The summed E-state index contributed by atoms with van der Waals surface area (Å²) in [5, 5.41) is 5.39. The lowest BCUT2D eigenvalue weighted by Crippen LogP contribution is -2.39. The molecule has 4 rings (SSSR count). The minimum atomic E-state index is -4.13. The van der Waals surface area contributed by atoms with Crippen molar-refractivity contribution in [2.75, 3.05) is 10.8 Å². The third-order valence-corrected chi connectivity index (χ3v) is 8.74. The molecule has 1 aromatic heterocycles. The Hall–Kier alpha value is -3.01. The molecule has 39 heavy (non-hydrogen) atoms. The van der Waals surface area contributed by atoms with Gasteiger partial charge in [0.2, 0.25) is 0 Å². The van der Waals surface area contributed by atoms with E-state index in [1.165, 1.54) is 36.5 Å². The van der Waals surface area contributed by atoms with Gasteiger partial charge in [-0.3, -0.25) is 9.10 Å². The lowest BCUT2D eigenvalue weighted by Gasteiger charge is -2.24. The molecule has 4 aromatic rings. The highest BCUT2D eigenvalue weighted by atomic mass is 35.5. The van der Waals surface area contributed by atoms with Crippen molar-refractivity contribution in [2.24, 2.45) is 5.10 Å². The summed E-state index contributed by atoms with van der Waals surface area (Å²) in [5.74, 6) is -0.667. The first-order chi connectivity index (χ1) is 18.5. The first-order valence-corrected chi connectivity index (χ1v) is 14.4. The largest absolute Gasteiger partial charge is 0.318 e. The maximum absolute atomic E-state index is 13.5. The molecule has 0 saturated heterocycles. The molecule has 1 N–H and O–H groups in total. The average Bonchev–Trinajstić information content (AvgIpc) is 3.16. The van der Waals surface area contributed by atoms with Crippen LogP contribution in [0.1, 0.15) is 17.0 Å². The zero-order valence-electron chi connectivity index (χ0n) is 20.7. The van der Waals surface area contributed by atoms with Crippen LogP contribution >= 0.6 is 46.4 Å². The SMILES string of the molecule is Cc1cc(/C=N\NC(=O)CN(c2cc(Cl)cc(Cl)c2)S(=O)(=O)c2ccccc2)c(C)n1-c1ccc(Cl)c(Cl)c1. The molecule has 1 amide bonds. The van der Waals surface area contributed by atoms with Crippen molar-refractivity contribution in [3.63, 3.8) is 0 Å². The van der Waals surface area contributed by atoms with E-state index in [4.69, 9.17) is 46.4 Å². The minimum absolute atomic E-state index is 0.00661. The van der Waals surface area contributed by atoms with Crippen molar-refractivity contribution >= 4 is 74.2 Å². The van der Waals surface area contributed by atoms with Crippen LogP contribution in [-0.2, 0) is 14.8 Å². The molecule has 0 bridgehead atoms. The molecule has 0 saturated carbocycles. The van der Waals surface area contributed by atoms with Gasteiger partial charge in [-0.05, 0) is 68.4 Å². The Morgan fingerprint density at radius 3 is 2.23 bits per heavy atom. The highest BCUT2D eigenvalue weighted by Gasteiger charge is 2.27. The lowest BCUT2D eigenvalue weighted by molar-refractivity contribution is -0.119. The number of aromatic nitrogens is 1. The van der Waals surface area contributed by atoms with E-state index in [0.717, 1.165) is 26.9 Å². The second kappa shape index (κ2) is 12.0. The Morgan fingerprint density at radius 2 is 1.59 bits per heavy atom. The zero-order valence-corrected chi connectivity index (χ0v) is 24.5. The number of hydrazone groups is 1. The molecule has 202 valence electrons. The standard InChI is InChI=1S/C27H22Cl4N4O3S/c1-17-10-19(18(2)35(17)22-8-9-25(30)26(31)14-22)15-32-33-27(36)16-34(23-12-20(28)11-21(29)13-23)39(37,38)24-6-4-3-5-7-24/h3-15H,16H2,1-2H3,(H,33,36)/b32-15-. The number of amides is 1. The molecule has 0 spiro atoms. The molecule has 0 unspecified atom stereocenters. The molecular weight excluding hydrogens is 602 g/mol. The number of benzene rings is 3. The Bertz CT molecular complexity index is 1650. The maximum atomic E-state index is 13.5. The lowest BCUT2D eigenvalue weighted by atomic mass is 10.2. The number of rotatable bonds is 8.